The molecular weight excluding hydrogens is 338 g/mol. The van der Waals surface area contributed by atoms with Gasteiger partial charge in [-0.1, -0.05) is 19.0 Å². The number of ether oxygens (including phenoxy) is 1. The molecule has 3 aliphatic heterocycles. The molecule has 0 unspecified atom stereocenters. The standard InChI is InChI=1S/C17H25N5O4/c1-9(2)15-20-11(21-26-15)7-19-14(23)12-10-3-4-17(25-10)8-22(6-5-18)16(24)13(12)17/h9-10,12-13H,3-8,18H2,1-2H3,(H,19,23)/t10-,12-,13+,17-/m0/s1. The van der Waals surface area contributed by atoms with Gasteiger partial charge in [-0.05, 0) is 12.8 Å². The first-order valence-electron chi connectivity index (χ1n) is 9.22. The number of carbonyl (C=O) groups excluding carboxylic acids is 2. The van der Waals surface area contributed by atoms with Crippen LogP contribution in [0.3, 0.4) is 0 Å². The highest BCUT2D eigenvalue weighted by Gasteiger charge is 2.68. The van der Waals surface area contributed by atoms with E-state index in [0.717, 1.165) is 12.8 Å². The van der Waals surface area contributed by atoms with Crippen LogP contribution < -0.4 is 11.1 Å². The van der Waals surface area contributed by atoms with E-state index in [4.69, 9.17) is 15.0 Å². The first kappa shape index (κ1) is 17.4. The van der Waals surface area contributed by atoms with Crippen LogP contribution in [0.5, 0.6) is 0 Å². The van der Waals surface area contributed by atoms with Crippen molar-refractivity contribution in [2.45, 2.75) is 50.9 Å². The van der Waals surface area contributed by atoms with Crippen LogP contribution in [-0.2, 0) is 20.9 Å². The fourth-order valence-corrected chi connectivity index (χ4v) is 4.54. The Hall–Kier alpha value is -2.00. The normalized spacial score (nSPS) is 32.5. The topological polar surface area (TPSA) is 124 Å². The smallest absolute Gasteiger partial charge is 0.229 e. The third-order valence-corrected chi connectivity index (χ3v) is 5.70. The molecule has 3 N–H and O–H groups in total. The zero-order valence-electron chi connectivity index (χ0n) is 15.1. The van der Waals surface area contributed by atoms with Crippen LogP contribution in [0.15, 0.2) is 4.52 Å². The molecule has 9 nitrogen and oxygen atoms in total. The SMILES string of the molecule is CC(C)c1nc(CNC(=O)[C@H]2[C@@H]3CC[C@@]4(CN(CCN)C(=O)[C@@H]24)O3)no1. The second-order valence-electron chi connectivity index (χ2n) is 7.73. The number of rotatable bonds is 6. The summed E-state index contributed by atoms with van der Waals surface area (Å²) in [5.41, 5.74) is 5.09. The van der Waals surface area contributed by atoms with Gasteiger partial charge in [-0.15, -0.1) is 0 Å². The fourth-order valence-electron chi connectivity index (χ4n) is 4.54. The largest absolute Gasteiger partial charge is 0.368 e. The number of amides is 2. The van der Waals surface area contributed by atoms with Gasteiger partial charge in [-0.3, -0.25) is 9.59 Å². The van der Waals surface area contributed by atoms with E-state index in [2.05, 4.69) is 15.5 Å². The van der Waals surface area contributed by atoms with Crippen LogP contribution in [-0.4, -0.2) is 58.2 Å². The number of fused-ring (bicyclic) bond motifs is 1. The maximum Gasteiger partial charge on any atom is 0.229 e. The fraction of sp³-hybridized carbons (Fsp3) is 0.765. The molecule has 0 saturated carbocycles. The van der Waals surface area contributed by atoms with Gasteiger partial charge in [0.2, 0.25) is 17.7 Å². The number of aromatic nitrogens is 2. The maximum absolute atomic E-state index is 12.8. The van der Waals surface area contributed by atoms with Crippen molar-refractivity contribution >= 4 is 11.8 Å². The molecule has 4 atom stereocenters. The Labute approximate surface area is 151 Å². The van der Waals surface area contributed by atoms with Gasteiger partial charge in [-0.25, -0.2) is 0 Å². The van der Waals surface area contributed by atoms with Crippen molar-refractivity contribution in [2.24, 2.45) is 17.6 Å². The molecule has 2 bridgehead atoms. The zero-order chi connectivity index (χ0) is 18.5. The van der Waals surface area contributed by atoms with Crippen LogP contribution in [0.25, 0.3) is 0 Å². The Bertz CT molecular complexity index is 720. The minimum Gasteiger partial charge on any atom is -0.368 e. The summed E-state index contributed by atoms with van der Waals surface area (Å²) >= 11 is 0. The zero-order valence-corrected chi connectivity index (χ0v) is 15.1. The lowest BCUT2D eigenvalue weighted by molar-refractivity contribution is -0.138. The van der Waals surface area contributed by atoms with Gasteiger partial charge >= 0.3 is 0 Å². The van der Waals surface area contributed by atoms with E-state index < -0.39 is 17.4 Å². The predicted octanol–water partition coefficient (Wildman–Crippen LogP) is -0.226. The predicted molar refractivity (Wildman–Crippen MR) is 89.7 cm³/mol. The molecule has 2 amide bonds. The van der Waals surface area contributed by atoms with Crippen molar-refractivity contribution in [3.8, 4) is 0 Å². The van der Waals surface area contributed by atoms with E-state index >= 15 is 0 Å². The van der Waals surface area contributed by atoms with Gasteiger partial charge in [-0.2, -0.15) is 4.98 Å². The third kappa shape index (κ3) is 2.61. The Morgan fingerprint density at radius 2 is 2.31 bits per heavy atom. The Balaban J connectivity index is 1.45. The van der Waals surface area contributed by atoms with E-state index in [0.29, 0.717) is 31.3 Å². The monoisotopic (exact) mass is 363 g/mol. The lowest BCUT2D eigenvalue weighted by atomic mass is 9.73. The summed E-state index contributed by atoms with van der Waals surface area (Å²) in [6.07, 6.45) is 1.43. The van der Waals surface area contributed by atoms with Crippen molar-refractivity contribution in [3.63, 3.8) is 0 Å². The molecule has 0 aliphatic carbocycles. The van der Waals surface area contributed by atoms with Gasteiger partial charge in [0.15, 0.2) is 5.82 Å². The Morgan fingerprint density at radius 1 is 1.50 bits per heavy atom. The number of nitrogens with one attached hydrogen (secondary N) is 1. The number of nitrogens with zero attached hydrogens (tertiary/aromatic N) is 3. The average Bonchev–Trinajstić information content (AvgIpc) is 3.34. The molecule has 3 fully saturated rings. The molecule has 0 radical (unpaired) electrons. The van der Waals surface area contributed by atoms with Crippen LogP contribution in [0.2, 0.25) is 0 Å². The van der Waals surface area contributed by atoms with E-state index in [-0.39, 0.29) is 30.4 Å². The molecule has 1 spiro atoms. The molecule has 4 rings (SSSR count). The second-order valence-corrected chi connectivity index (χ2v) is 7.73. The highest BCUT2D eigenvalue weighted by molar-refractivity contribution is 5.92. The molecular formula is C17H25N5O4. The minimum absolute atomic E-state index is 0.0144. The highest BCUT2D eigenvalue weighted by atomic mass is 16.5. The van der Waals surface area contributed by atoms with E-state index in [1.165, 1.54) is 0 Å². The van der Waals surface area contributed by atoms with Gasteiger partial charge < -0.3 is 25.2 Å². The first-order chi connectivity index (χ1) is 12.4. The lowest BCUT2D eigenvalue weighted by Crippen LogP contribution is -2.45. The molecule has 4 heterocycles. The first-order valence-corrected chi connectivity index (χ1v) is 9.22. The Kier molecular flexibility index (Phi) is 4.23. The van der Waals surface area contributed by atoms with Gasteiger partial charge in [0.05, 0.1) is 36.6 Å². The number of nitrogens with two attached hydrogens (primary N) is 1. The van der Waals surface area contributed by atoms with Crippen LogP contribution >= 0.6 is 0 Å². The summed E-state index contributed by atoms with van der Waals surface area (Å²) in [6.45, 7) is 5.54. The quantitative estimate of drug-likeness (QED) is 0.716. The van der Waals surface area contributed by atoms with Gasteiger partial charge in [0, 0.05) is 19.0 Å². The Morgan fingerprint density at radius 3 is 3.00 bits per heavy atom. The van der Waals surface area contributed by atoms with E-state index in [1.807, 2.05) is 13.8 Å². The molecule has 3 aliphatic rings. The molecule has 9 heteroatoms. The van der Waals surface area contributed by atoms with Crippen molar-refractivity contribution in [1.29, 1.82) is 0 Å². The summed E-state index contributed by atoms with van der Waals surface area (Å²) in [7, 11) is 0. The van der Waals surface area contributed by atoms with Crippen molar-refractivity contribution in [2.75, 3.05) is 19.6 Å². The number of hydrogen-bond donors (Lipinski definition) is 2. The highest BCUT2D eigenvalue weighted by Crippen LogP contribution is 2.55. The van der Waals surface area contributed by atoms with Crippen LogP contribution in [0.4, 0.5) is 0 Å². The minimum atomic E-state index is -0.518. The molecule has 26 heavy (non-hydrogen) atoms. The van der Waals surface area contributed by atoms with Crippen LogP contribution in [0.1, 0.15) is 44.3 Å². The van der Waals surface area contributed by atoms with Gasteiger partial charge in [0.25, 0.3) is 0 Å². The number of carbonyl (C=O) groups is 2. The summed E-state index contributed by atoms with van der Waals surface area (Å²) in [4.78, 5) is 31.6. The number of hydrogen-bond acceptors (Lipinski definition) is 7. The van der Waals surface area contributed by atoms with Gasteiger partial charge in [0.1, 0.15) is 0 Å². The van der Waals surface area contributed by atoms with E-state index in [9.17, 15) is 9.59 Å². The molecule has 1 aromatic rings. The summed E-state index contributed by atoms with van der Waals surface area (Å²) < 4.78 is 11.3. The summed E-state index contributed by atoms with van der Waals surface area (Å²) in [5, 5.41) is 6.73. The maximum atomic E-state index is 12.8. The van der Waals surface area contributed by atoms with Crippen molar-refractivity contribution < 1.29 is 18.8 Å². The summed E-state index contributed by atoms with van der Waals surface area (Å²) in [6, 6.07) is 0. The second kappa shape index (κ2) is 6.31. The summed E-state index contributed by atoms with van der Waals surface area (Å²) in [5.74, 6) is 0.0401. The van der Waals surface area contributed by atoms with Crippen LogP contribution in [0, 0.1) is 11.8 Å². The molecule has 3 saturated heterocycles. The van der Waals surface area contributed by atoms with E-state index in [1.54, 1.807) is 4.90 Å². The molecule has 0 aromatic carbocycles. The average molecular weight is 363 g/mol. The molecule has 1 aromatic heterocycles. The third-order valence-electron chi connectivity index (χ3n) is 5.70. The van der Waals surface area contributed by atoms with Crippen molar-refractivity contribution in [3.05, 3.63) is 11.7 Å². The molecule has 142 valence electrons. The lowest BCUT2D eigenvalue weighted by Gasteiger charge is -2.26. The van der Waals surface area contributed by atoms with Crippen molar-refractivity contribution in [1.82, 2.24) is 20.4 Å². The number of likely N-dealkylation sites (tertiary alicyclic amines) is 1.